The van der Waals surface area contributed by atoms with Crippen LogP contribution in [0.5, 0.6) is 0 Å². The maximum Gasteiger partial charge on any atom is 0.0686 e. The Morgan fingerprint density at radius 2 is 2.50 bits per heavy atom. The number of rotatable bonds is 0. The van der Waals surface area contributed by atoms with Gasteiger partial charge in [-0.3, -0.25) is 4.99 Å². The Bertz CT molecular complexity index is 190. The van der Waals surface area contributed by atoms with Crippen molar-refractivity contribution in [3.8, 4) is 0 Å². The molecule has 1 rings (SSSR count). The highest BCUT2D eigenvalue weighted by Gasteiger charge is 1.77. The third-order valence-electron chi connectivity index (χ3n) is 0.884. The van der Waals surface area contributed by atoms with Crippen LogP contribution in [0.25, 0.3) is 0 Å². The highest BCUT2D eigenvalue weighted by Crippen LogP contribution is 1.93. The molecule has 8 heavy (non-hydrogen) atoms. The summed E-state index contributed by atoms with van der Waals surface area (Å²) in [5.74, 6) is 0. The van der Waals surface area contributed by atoms with Gasteiger partial charge in [-0.15, -0.1) is 5.73 Å². The van der Waals surface area contributed by atoms with Gasteiger partial charge in [-0.05, 0) is 24.6 Å². The van der Waals surface area contributed by atoms with Crippen LogP contribution in [-0.4, -0.2) is 6.21 Å². The Balaban J connectivity index is 2.94. The summed E-state index contributed by atoms with van der Waals surface area (Å²) >= 11 is 0. The molecule has 0 amide bonds. The standard InChI is InChI=1S/C7H7N/c1-7-3-2-5-8-6-4-7/h3-6H,1H3. The molecule has 0 aromatic rings. The van der Waals surface area contributed by atoms with E-state index in [4.69, 9.17) is 0 Å². The Morgan fingerprint density at radius 1 is 1.62 bits per heavy atom. The molecule has 0 aliphatic carbocycles. The van der Waals surface area contributed by atoms with Gasteiger partial charge in [0.1, 0.15) is 0 Å². The maximum absolute atomic E-state index is 3.85. The molecule has 0 radical (unpaired) electrons. The van der Waals surface area contributed by atoms with Crippen LogP contribution in [0, 0.1) is 0 Å². The van der Waals surface area contributed by atoms with Gasteiger partial charge in [0, 0.05) is 6.21 Å². The van der Waals surface area contributed by atoms with E-state index in [1.54, 1.807) is 12.4 Å². The first-order valence-electron chi connectivity index (χ1n) is 2.50. The normalized spacial score (nSPS) is 15.9. The molecule has 0 aromatic heterocycles. The fourth-order valence-corrected chi connectivity index (χ4v) is 0.463. The highest BCUT2D eigenvalue weighted by molar-refractivity contribution is 5.73. The molecule has 0 saturated heterocycles. The molecular weight excluding hydrogens is 98.1 g/mol. The number of hydrogen-bond donors (Lipinski definition) is 0. The third kappa shape index (κ3) is 1.21. The van der Waals surface area contributed by atoms with Gasteiger partial charge in [-0.25, -0.2) is 0 Å². The van der Waals surface area contributed by atoms with E-state index in [0.717, 1.165) is 0 Å². The predicted octanol–water partition coefficient (Wildman–Crippen LogP) is 1.69. The molecule has 1 nitrogen and oxygen atoms in total. The molecule has 0 fully saturated rings. The van der Waals surface area contributed by atoms with Gasteiger partial charge < -0.3 is 0 Å². The molecular formula is C7H7N. The molecule has 0 atom stereocenters. The average Bonchev–Trinajstić information content (AvgIpc) is 1.94. The van der Waals surface area contributed by atoms with Crippen molar-refractivity contribution in [2.45, 2.75) is 6.92 Å². The zero-order chi connectivity index (χ0) is 5.82. The summed E-state index contributed by atoms with van der Waals surface area (Å²) in [6, 6.07) is 0. The molecule has 0 aromatic carbocycles. The van der Waals surface area contributed by atoms with Crippen LogP contribution in [0.3, 0.4) is 0 Å². The topological polar surface area (TPSA) is 12.4 Å². The Hall–Kier alpha value is -1.07. The van der Waals surface area contributed by atoms with Crippen molar-refractivity contribution in [1.82, 2.24) is 0 Å². The molecule has 40 valence electrons. The molecule has 0 N–H and O–H groups in total. The molecule has 1 heteroatoms. The second kappa shape index (κ2) is 2.29. The van der Waals surface area contributed by atoms with E-state index in [2.05, 4.69) is 10.7 Å². The first kappa shape index (κ1) is 5.07. The van der Waals surface area contributed by atoms with Gasteiger partial charge in [0.25, 0.3) is 0 Å². The van der Waals surface area contributed by atoms with Crippen molar-refractivity contribution in [2.75, 3.05) is 0 Å². The summed E-state index contributed by atoms with van der Waals surface area (Å²) in [5.41, 5.74) is 4.06. The lowest BCUT2D eigenvalue weighted by molar-refractivity contribution is 1.56. The molecule has 0 bridgehead atoms. The predicted molar refractivity (Wildman–Crippen MR) is 34.9 cm³/mol. The van der Waals surface area contributed by atoms with Gasteiger partial charge in [0.05, 0.1) is 6.20 Å². The Labute approximate surface area is 48.7 Å². The zero-order valence-corrected chi connectivity index (χ0v) is 4.76. The van der Waals surface area contributed by atoms with Crippen LogP contribution >= 0.6 is 0 Å². The van der Waals surface area contributed by atoms with Gasteiger partial charge in [0.15, 0.2) is 0 Å². The average molecular weight is 105 g/mol. The molecule has 0 spiro atoms. The van der Waals surface area contributed by atoms with Gasteiger partial charge in [0.2, 0.25) is 0 Å². The molecule has 1 aliphatic heterocycles. The summed E-state index contributed by atoms with van der Waals surface area (Å²) in [6.45, 7) is 2.01. The van der Waals surface area contributed by atoms with Crippen molar-refractivity contribution in [2.24, 2.45) is 4.99 Å². The Morgan fingerprint density at radius 3 is 3.38 bits per heavy atom. The van der Waals surface area contributed by atoms with Crippen LogP contribution < -0.4 is 0 Å². The van der Waals surface area contributed by atoms with Crippen LogP contribution in [-0.2, 0) is 0 Å². The van der Waals surface area contributed by atoms with E-state index in [1.165, 1.54) is 5.57 Å². The number of nitrogens with zero attached hydrogens (tertiary/aromatic N) is 1. The monoisotopic (exact) mass is 105 g/mol. The largest absolute Gasteiger partial charge is 0.256 e. The third-order valence-corrected chi connectivity index (χ3v) is 0.884. The second-order valence-electron chi connectivity index (χ2n) is 1.65. The fourth-order valence-electron chi connectivity index (χ4n) is 0.463. The van der Waals surface area contributed by atoms with E-state index in [-0.39, 0.29) is 0 Å². The minimum atomic E-state index is 1.18. The maximum atomic E-state index is 3.85. The minimum absolute atomic E-state index is 1.18. The summed E-state index contributed by atoms with van der Waals surface area (Å²) < 4.78 is 0. The SMILES string of the molecule is CC1=CC=NC=C=C1. The quantitative estimate of drug-likeness (QED) is 0.416. The van der Waals surface area contributed by atoms with Crippen LogP contribution in [0.4, 0.5) is 0 Å². The molecule has 0 unspecified atom stereocenters. The van der Waals surface area contributed by atoms with Crippen molar-refractivity contribution < 1.29 is 0 Å². The summed E-state index contributed by atoms with van der Waals surface area (Å²) in [7, 11) is 0. The first-order chi connectivity index (χ1) is 3.89. The minimum Gasteiger partial charge on any atom is -0.256 e. The lowest BCUT2D eigenvalue weighted by Crippen LogP contribution is -1.64. The zero-order valence-electron chi connectivity index (χ0n) is 4.76. The van der Waals surface area contributed by atoms with Gasteiger partial charge in [-0.1, -0.05) is 0 Å². The lowest BCUT2D eigenvalue weighted by atomic mass is 10.3. The van der Waals surface area contributed by atoms with E-state index >= 15 is 0 Å². The Kier molecular flexibility index (Phi) is 1.45. The second-order valence-corrected chi connectivity index (χ2v) is 1.65. The van der Waals surface area contributed by atoms with E-state index in [1.807, 2.05) is 19.1 Å². The molecule has 0 saturated carbocycles. The van der Waals surface area contributed by atoms with Crippen LogP contribution in [0.1, 0.15) is 6.92 Å². The van der Waals surface area contributed by atoms with E-state index < -0.39 is 0 Å². The summed E-state index contributed by atoms with van der Waals surface area (Å²) in [5, 5.41) is 0. The molecule has 1 aliphatic rings. The van der Waals surface area contributed by atoms with Crippen LogP contribution in [0.2, 0.25) is 0 Å². The van der Waals surface area contributed by atoms with Gasteiger partial charge in [-0.2, -0.15) is 0 Å². The number of hydrogen-bond acceptors (Lipinski definition) is 1. The van der Waals surface area contributed by atoms with Crippen molar-refractivity contribution >= 4 is 6.21 Å². The van der Waals surface area contributed by atoms with E-state index in [9.17, 15) is 0 Å². The summed E-state index contributed by atoms with van der Waals surface area (Å²) in [6.07, 6.45) is 7.24. The van der Waals surface area contributed by atoms with E-state index in [0.29, 0.717) is 0 Å². The van der Waals surface area contributed by atoms with Gasteiger partial charge >= 0.3 is 0 Å². The van der Waals surface area contributed by atoms with Crippen LogP contribution in [0.15, 0.2) is 34.6 Å². The fraction of sp³-hybridized carbons (Fsp3) is 0.143. The lowest BCUT2D eigenvalue weighted by Gasteiger charge is -1.77. The smallest absolute Gasteiger partial charge is 0.0686 e. The van der Waals surface area contributed by atoms with Crippen molar-refractivity contribution in [3.05, 3.63) is 29.7 Å². The van der Waals surface area contributed by atoms with Crippen molar-refractivity contribution in [1.29, 1.82) is 0 Å². The first-order valence-corrected chi connectivity index (χ1v) is 2.50. The number of allylic oxidation sites excluding steroid dienone is 3. The summed E-state index contributed by atoms with van der Waals surface area (Å²) in [4.78, 5) is 3.85. The number of aliphatic imine (C=N–C) groups is 1. The van der Waals surface area contributed by atoms with Crippen molar-refractivity contribution in [3.63, 3.8) is 0 Å². The highest BCUT2D eigenvalue weighted by atomic mass is 14.6. The molecule has 1 heterocycles.